The number of nitrogens with one attached hydrogen (secondary N) is 1. The number of nitrogens with two attached hydrogens (primary N) is 2. The van der Waals surface area contributed by atoms with Crippen LogP contribution in [-0.2, 0) is 22.4 Å². The number of aromatic amines is 1. The molecule has 0 saturated heterocycles. The Morgan fingerprint density at radius 2 is 1.56 bits per heavy atom. The second-order valence-electron chi connectivity index (χ2n) is 11.6. The van der Waals surface area contributed by atoms with Crippen LogP contribution in [0.1, 0.15) is 42.3 Å². The van der Waals surface area contributed by atoms with E-state index < -0.39 is 42.5 Å². The third-order valence-corrected chi connectivity index (χ3v) is 8.06. The second-order valence-corrected chi connectivity index (χ2v) is 11.6. The van der Waals surface area contributed by atoms with Gasteiger partial charge in [-0.25, -0.2) is 0 Å². The fourth-order valence-electron chi connectivity index (χ4n) is 5.37. The van der Waals surface area contributed by atoms with Crippen molar-refractivity contribution in [3.05, 3.63) is 95.7 Å². The summed E-state index contributed by atoms with van der Waals surface area (Å²) >= 11 is 0. The van der Waals surface area contributed by atoms with Gasteiger partial charge < -0.3 is 31.6 Å². The number of hydrogen-bond donors (Lipinski definition) is 5. The fraction of sp³-hybridized carbons (Fsp3) is 0.343. The van der Waals surface area contributed by atoms with E-state index >= 15 is 0 Å². The van der Waals surface area contributed by atoms with Crippen LogP contribution in [0.5, 0.6) is 0 Å². The molecular formula is C35H43N5O5. The number of rotatable bonds is 13. The molecule has 4 aromatic rings. The average Bonchev–Trinajstić information content (AvgIpc) is 3.46. The van der Waals surface area contributed by atoms with Gasteiger partial charge in [0, 0.05) is 30.1 Å². The lowest BCUT2D eigenvalue weighted by atomic mass is 9.92. The molecule has 0 aliphatic carbocycles. The van der Waals surface area contributed by atoms with Crippen LogP contribution in [-0.4, -0.2) is 80.7 Å². The Kier molecular flexibility index (Phi) is 11.2. The molecule has 45 heavy (non-hydrogen) atoms. The zero-order chi connectivity index (χ0) is 32.7. The quantitative estimate of drug-likeness (QED) is 0.145. The number of aliphatic hydroxyl groups excluding tert-OH is 2. The number of amides is 3. The SMILES string of the molecule is CCN(CN(C(=O)C(N)Cc1c[nH]c2ccccc12)C(=O)C(N)C(C)C)C(=O)c1c(C[C@H](O)CO)cccc1-c1ccccc1. The van der Waals surface area contributed by atoms with Gasteiger partial charge in [-0.05, 0) is 47.6 Å². The van der Waals surface area contributed by atoms with Gasteiger partial charge in [-0.1, -0.05) is 80.6 Å². The number of nitrogens with zero attached hydrogens (tertiary/aromatic N) is 2. The van der Waals surface area contributed by atoms with Crippen molar-refractivity contribution in [2.24, 2.45) is 17.4 Å². The number of carbonyl (C=O) groups excluding carboxylic acids is 3. The van der Waals surface area contributed by atoms with Gasteiger partial charge in [0.25, 0.3) is 5.91 Å². The van der Waals surface area contributed by atoms with Gasteiger partial charge in [0.05, 0.1) is 30.4 Å². The first-order chi connectivity index (χ1) is 21.6. The molecule has 0 aliphatic heterocycles. The van der Waals surface area contributed by atoms with Crippen molar-refractivity contribution >= 4 is 28.6 Å². The van der Waals surface area contributed by atoms with E-state index in [0.717, 1.165) is 26.9 Å². The number of aliphatic hydroxyl groups is 2. The first-order valence-corrected chi connectivity index (χ1v) is 15.2. The molecule has 1 aromatic heterocycles. The summed E-state index contributed by atoms with van der Waals surface area (Å²) in [5, 5.41) is 20.8. The van der Waals surface area contributed by atoms with Crippen molar-refractivity contribution in [1.82, 2.24) is 14.8 Å². The highest BCUT2D eigenvalue weighted by Crippen LogP contribution is 2.29. The number of imide groups is 1. The number of benzene rings is 3. The minimum atomic E-state index is -1.08. The normalized spacial score (nSPS) is 13.4. The predicted molar refractivity (Wildman–Crippen MR) is 175 cm³/mol. The van der Waals surface area contributed by atoms with Gasteiger partial charge in [-0.15, -0.1) is 0 Å². The van der Waals surface area contributed by atoms with E-state index in [1.807, 2.05) is 60.7 Å². The Labute approximate surface area is 263 Å². The van der Waals surface area contributed by atoms with Crippen LogP contribution in [0.15, 0.2) is 79.0 Å². The van der Waals surface area contributed by atoms with Gasteiger partial charge in [-0.2, -0.15) is 0 Å². The molecule has 3 aromatic carbocycles. The first-order valence-electron chi connectivity index (χ1n) is 15.2. The third-order valence-electron chi connectivity index (χ3n) is 8.06. The minimum absolute atomic E-state index is 0.0328. The van der Waals surface area contributed by atoms with Crippen LogP contribution < -0.4 is 11.5 Å². The van der Waals surface area contributed by atoms with Crippen LogP contribution in [0, 0.1) is 5.92 Å². The van der Waals surface area contributed by atoms with Gasteiger partial charge >= 0.3 is 0 Å². The van der Waals surface area contributed by atoms with E-state index in [-0.39, 0.29) is 32.0 Å². The number of carbonyl (C=O) groups is 3. The van der Waals surface area contributed by atoms with Gasteiger partial charge in [0.15, 0.2) is 0 Å². The number of para-hydroxylation sites is 1. The first kappa shape index (κ1) is 33.5. The molecule has 0 radical (unpaired) electrons. The standard InChI is InChI=1S/C35H43N5O5/c1-4-39(34(44)31-24(17-26(42)20-41)13-10-15-28(31)23-11-6-5-7-12-23)21-40(35(45)32(37)22(2)3)33(43)29(36)18-25-19-38-30-16-9-8-14-27(25)30/h5-16,19,22,26,29,32,38,41-42H,4,17-18,20-21,36-37H2,1-3H3/t26-,29?,32?/m0/s1. The monoisotopic (exact) mass is 613 g/mol. The Morgan fingerprint density at radius 3 is 2.22 bits per heavy atom. The maximum absolute atomic E-state index is 14.4. The van der Waals surface area contributed by atoms with E-state index in [9.17, 15) is 24.6 Å². The summed E-state index contributed by atoms with van der Waals surface area (Å²) in [5.41, 5.74) is 16.7. The van der Waals surface area contributed by atoms with Crippen molar-refractivity contribution in [3.63, 3.8) is 0 Å². The molecule has 0 spiro atoms. The molecule has 0 aliphatic rings. The molecule has 0 saturated carbocycles. The van der Waals surface area contributed by atoms with E-state index in [0.29, 0.717) is 16.7 Å². The van der Waals surface area contributed by atoms with E-state index in [2.05, 4.69) is 4.98 Å². The summed E-state index contributed by atoms with van der Waals surface area (Å²) in [4.78, 5) is 47.6. The van der Waals surface area contributed by atoms with Gasteiger partial charge in [0.2, 0.25) is 11.8 Å². The number of hydrogen-bond acceptors (Lipinski definition) is 7. The largest absolute Gasteiger partial charge is 0.394 e. The summed E-state index contributed by atoms with van der Waals surface area (Å²) in [6, 6.07) is 20.3. The number of fused-ring (bicyclic) bond motifs is 1. The lowest BCUT2D eigenvalue weighted by molar-refractivity contribution is -0.149. The molecule has 0 fully saturated rings. The third kappa shape index (κ3) is 7.66. The molecule has 10 nitrogen and oxygen atoms in total. The summed E-state index contributed by atoms with van der Waals surface area (Å²) in [5.74, 6) is -1.97. The molecule has 10 heteroatoms. The molecule has 0 bridgehead atoms. The van der Waals surface area contributed by atoms with E-state index in [4.69, 9.17) is 11.5 Å². The number of aromatic nitrogens is 1. The molecule has 1 heterocycles. The van der Waals surface area contributed by atoms with Crippen molar-refractivity contribution in [1.29, 1.82) is 0 Å². The maximum Gasteiger partial charge on any atom is 0.256 e. The Bertz CT molecular complexity index is 1620. The summed E-state index contributed by atoms with van der Waals surface area (Å²) < 4.78 is 0. The molecule has 3 amide bonds. The topological polar surface area (TPSA) is 166 Å². The summed E-state index contributed by atoms with van der Waals surface area (Å²) in [6.07, 6.45) is 0.923. The summed E-state index contributed by atoms with van der Waals surface area (Å²) in [6.45, 7) is 4.66. The molecule has 4 rings (SSSR count). The molecular weight excluding hydrogens is 570 g/mol. The maximum atomic E-state index is 14.4. The molecule has 238 valence electrons. The van der Waals surface area contributed by atoms with Gasteiger partial charge in [0.1, 0.15) is 6.67 Å². The highest BCUT2D eigenvalue weighted by Gasteiger charge is 2.34. The highest BCUT2D eigenvalue weighted by molar-refractivity contribution is 6.04. The fourth-order valence-corrected chi connectivity index (χ4v) is 5.37. The van der Waals surface area contributed by atoms with Crippen molar-refractivity contribution < 1.29 is 24.6 Å². The zero-order valence-electron chi connectivity index (χ0n) is 26.0. The number of H-pyrrole nitrogens is 1. The highest BCUT2D eigenvalue weighted by atomic mass is 16.3. The lowest BCUT2D eigenvalue weighted by Crippen LogP contribution is -2.57. The minimum Gasteiger partial charge on any atom is -0.394 e. The molecule has 3 atom stereocenters. The van der Waals surface area contributed by atoms with Crippen molar-refractivity contribution in [2.75, 3.05) is 19.8 Å². The van der Waals surface area contributed by atoms with Gasteiger partial charge in [-0.3, -0.25) is 19.3 Å². The van der Waals surface area contributed by atoms with E-state index in [1.54, 1.807) is 39.1 Å². The lowest BCUT2D eigenvalue weighted by Gasteiger charge is -2.33. The molecule has 2 unspecified atom stereocenters. The Morgan fingerprint density at radius 1 is 0.867 bits per heavy atom. The van der Waals surface area contributed by atoms with Crippen LogP contribution >= 0.6 is 0 Å². The average molecular weight is 614 g/mol. The summed E-state index contributed by atoms with van der Waals surface area (Å²) in [7, 11) is 0. The van der Waals surface area contributed by atoms with Crippen LogP contribution in [0.2, 0.25) is 0 Å². The Hall–Kier alpha value is -4.35. The molecule has 7 N–H and O–H groups in total. The Balaban J connectivity index is 1.70. The smallest absolute Gasteiger partial charge is 0.256 e. The zero-order valence-corrected chi connectivity index (χ0v) is 26.0. The van der Waals surface area contributed by atoms with Crippen LogP contribution in [0.25, 0.3) is 22.0 Å². The second kappa shape index (κ2) is 15.1. The van der Waals surface area contributed by atoms with Crippen LogP contribution in [0.4, 0.5) is 0 Å². The van der Waals surface area contributed by atoms with Crippen molar-refractivity contribution in [2.45, 2.75) is 51.8 Å². The van der Waals surface area contributed by atoms with E-state index in [1.165, 1.54) is 4.90 Å². The predicted octanol–water partition coefficient (Wildman–Crippen LogP) is 3.06. The van der Waals surface area contributed by atoms with Crippen molar-refractivity contribution in [3.8, 4) is 11.1 Å². The van der Waals surface area contributed by atoms with Crippen LogP contribution in [0.3, 0.4) is 0 Å².